The van der Waals surface area contributed by atoms with Crippen LogP contribution in [-0.4, -0.2) is 45.9 Å². The number of anilines is 2. The second-order valence-electron chi connectivity index (χ2n) is 6.24. The number of nitrogens with zero attached hydrogens (tertiary/aromatic N) is 5. The van der Waals surface area contributed by atoms with Crippen molar-refractivity contribution in [2.75, 3.05) is 35.8 Å². The van der Waals surface area contributed by atoms with Gasteiger partial charge in [-0.15, -0.1) is 0 Å². The Labute approximate surface area is 172 Å². The van der Waals surface area contributed by atoms with E-state index >= 15 is 0 Å². The van der Waals surface area contributed by atoms with Crippen molar-refractivity contribution in [1.29, 1.82) is 0 Å². The van der Waals surface area contributed by atoms with E-state index in [4.69, 9.17) is 16.3 Å². The topological polar surface area (TPSA) is 80.1 Å². The normalized spacial score (nSPS) is 14.1. The fourth-order valence-corrected chi connectivity index (χ4v) is 3.60. The van der Waals surface area contributed by atoms with Crippen molar-refractivity contribution < 1.29 is 4.74 Å². The van der Waals surface area contributed by atoms with Gasteiger partial charge in [-0.3, -0.25) is 9.40 Å². The van der Waals surface area contributed by atoms with Gasteiger partial charge in [0.25, 0.3) is 0 Å². The highest BCUT2D eigenvalue weighted by Gasteiger charge is 2.11. The fourth-order valence-electron chi connectivity index (χ4n) is 2.82. The Morgan fingerprint density at radius 3 is 2.68 bits per heavy atom. The van der Waals surface area contributed by atoms with E-state index in [1.165, 1.54) is 17.6 Å². The van der Waals surface area contributed by atoms with E-state index in [0.29, 0.717) is 22.7 Å². The van der Waals surface area contributed by atoms with Gasteiger partial charge < -0.3 is 15.0 Å². The van der Waals surface area contributed by atoms with Gasteiger partial charge in [0.05, 0.1) is 11.1 Å². The molecule has 8 nitrogen and oxygen atoms in total. The Kier molecular flexibility index (Phi) is 5.84. The molecular weight excluding hydrogens is 398 g/mol. The Hall–Kier alpha value is -2.49. The highest BCUT2D eigenvalue weighted by molar-refractivity contribution is 8.00. The number of rotatable bonds is 6. The zero-order valence-corrected chi connectivity index (χ0v) is 16.9. The Morgan fingerprint density at radius 2 is 1.96 bits per heavy atom. The maximum Gasteiger partial charge on any atom is 0.237 e. The third-order valence-electron chi connectivity index (χ3n) is 4.15. The monoisotopic (exact) mass is 417 g/mol. The maximum atomic E-state index is 6.12. The second kappa shape index (κ2) is 8.68. The van der Waals surface area contributed by atoms with Crippen LogP contribution in [0.3, 0.4) is 0 Å². The molecule has 1 aliphatic heterocycles. The molecule has 0 amide bonds. The van der Waals surface area contributed by atoms with Crippen LogP contribution in [0, 0.1) is 0 Å². The minimum atomic E-state index is 0.303. The zero-order chi connectivity index (χ0) is 19.3. The van der Waals surface area contributed by atoms with E-state index < -0.39 is 0 Å². The number of hydrogen-bond acceptors (Lipinski definition) is 8. The molecule has 2 N–H and O–H groups in total. The van der Waals surface area contributed by atoms with Gasteiger partial charge in [0.2, 0.25) is 11.8 Å². The molecule has 1 fully saturated rings. The van der Waals surface area contributed by atoms with Crippen LogP contribution in [0.25, 0.3) is 0 Å². The molecule has 1 aromatic carbocycles. The molecular formula is C18H20ClN7OS. The van der Waals surface area contributed by atoms with Gasteiger partial charge in [-0.1, -0.05) is 11.6 Å². The van der Waals surface area contributed by atoms with Crippen LogP contribution < -0.4 is 19.7 Å². The first-order chi connectivity index (χ1) is 13.7. The predicted molar refractivity (Wildman–Crippen MR) is 111 cm³/mol. The molecule has 0 unspecified atom stereocenters. The van der Waals surface area contributed by atoms with Crippen molar-refractivity contribution in [3.05, 3.63) is 47.9 Å². The van der Waals surface area contributed by atoms with Crippen LogP contribution in [0.4, 0.5) is 11.6 Å². The summed E-state index contributed by atoms with van der Waals surface area (Å²) in [6.07, 6.45) is 3.64. The molecule has 28 heavy (non-hydrogen) atoms. The lowest BCUT2D eigenvalue weighted by molar-refractivity contribution is 0.462. The lowest BCUT2D eigenvalue weighted by atomic mass is 10.2. The zero-order valence-electron chi connectivity index (χ0n) is 15.3. The standard InChI is InChI=1S/C18H20ClN7OS/c1-25-12-15(11-21-25)28-24-18-22-16(19)10-17(23-18)27-14-4-2-13(3-5-14)26-8-6-20-7-9-26/h2-5,10-12,20H,6-9H2,1H3,(H,22,23,24). The first-order valence-corrected chi connectivity index (χ1v) is 10.0. The number of nitrogens with one attached hydrogen (secondary N) is 2. The molecule has 0 bridgehead atoms. The summed E-state index contributed by atoms with van der Waals surface area (Å²) in [5.74, 6) is 1.44. The number of halogens is 1. The fraction of sp³-hybridized carbons (Fsp3) is 0.278. The molecule has 1 aliphatic rings. The summed E-state index contributed by atoms with van der Waals surface area (Å²) in [4.78, 5) is 11.8. The smallest absolute Gasteiger partial charge is 0.237 e. The number of ether oxygens (including phenoxy) is 1. The molecule has 4 rings (SSSR count). The van der Waals surface area contributed by atoms with Gasteiger partial charge in [0.15, 0.2) is 0 Å². The third kappa shape index (κ3) is 4.86. The van der Waals surface area contributed by atoms with Crippen LogP contribution in [0.2, 0.25) is 5.15 Å². The molecule has 2 aromatic heterocycles. The SMILES string of the molecule is Cn1cc(SNc2nc(Cl)cc(Oc3ccc(N4CCNCC4)cc3)n2)cn1. The molecule has 0 atom stereocenters. The van der Waals surface area contributed by atoms with Gasteiger partial charge in [0.1, 0.15) is 10.9 Å². The number of benzene rings is 1. The molecule has 3 aromatic rings. The summed E-state index contributed by atoms with van der Waals surface area (Å²) in [5.41, 5.74) is 1.18. The summed E-state index contributed by atoms with van der Waals surface area (Å²) in [6.45, 7) is 4.02. The van der Waals surface area contributed by atoms with Crippen LogP contribution in [-0.2, 0) is 7.05 Å². The lowest BCUT2D eigenvalue weighted by Crippen LogP contribution is -2.43. The third-order valence-corrected chi connectivity index (χ3v) is 5.08. The summed E-state index contributed by atoms with van der Waals surface area (Å²) >= 11 is 7.47. The van der Waals surface area contributed by atoms with Gasteiger partial charge in [-0.25, -0.2) is 4.98 Å². The number of hydrogen-bond donors (Lipinski definition) is 2. The average molecular weight is 418 g/mol. The van der Waals surface area contributed by atoms with Crippen LogP contribution in [0.1, 0.15) is 0 Å². The Bertz CT molecular complexity index is 928. The number of aryl methyl sites for hydroxylation is 1. The van der Waals surface area contributed by atoms with E-state index in [1.807, 2.05) is 25.4 Å². The van der Waals surface area contributed by atoms with Crippen LogP contribution in [0.15, 0.2) is 47.6 Å². The number of piperazine rings is 1. The average Bonchev–Trinajstić information content (AvgIpc) is 3.13. The van der Waals surface area contributed by atoms with Crippen molar-refractivity contribution in [2.24, 2.45) is 7.05 Å². The molecule has 0 radical (unpaired) electrons. The van der Waals surface area contributed by atoms with Gasteiger partial charge >= 0.3 is 0 Å². The van der Waals surface area contributed by atoms with Crippen molar-refractivity contribution in [2.45, 2.75) is 4.90 Å². The summed E-state index contributed by atoms with van der Waals surface area (Å²) in [5, 5.41) is 7.78. The molecule has 0 aliphatic carbocycles. The first-order valence-electron chi connectivity index (χ1n) is 8.85. The van der Waals surface area contributed by atoms with E-state index in [9.17, 15) is 0 Å². The maximum absolute atomic E-state index is 6.12. The quantitative estimate of drug-likeness (QED) is 0.467. The lowest BCUT2D eigenvalue weighted by Gasteiger charge is -2.29. The van der Waals surface area contributed by atoms with E-state index in [1.54, 1.807) is 16.9 Å². The Morgan fingerprint density at radius 1 is 1.18 bits per heavy atom. The Balaban J connectivity index is 1.41. The second-order valence-corrected chi connectivity index (χ2v) is 7.51. The van der Waals surface area contributed by atoms with Gasteiger partial charge in [0, 0.05) is 51.2 Å². The van der Waals surface area contributed by atoms with Crippen molar-refractivity contribution in [1.82, 2.24) is 25.1 Å². The number of aromatic nitrogens is 4. The largest absolute Gasteiger partial charge is 0.439 e. The molecule has 0 saturated carbocycles. The van der Waals surface area contributed by atoms with E-state index in [0.717, 1.165) is 31.1 Å². The molecule has 0 spiro atoms. The molecule has 146 valence electrons. The highest BCUT2D eigenvalue weighted by Crippen LogP contribution is 2.27. The summed E-state index contributed by atoms with van der Waals surface area (Å²) in [7, 11) is 1.86. The summed E-state index contributed by atoms with van der Waals surface area (Å²) < 4.78 is 10.6. The minimum absolute atomic E-state index is 0.303. The van der Waals surface area contributed by atoms with Crippen LogP contribution >= 0.6 is 23.5 Å². The van der Waals surface area contributed by atoms with Crippen molar-refractivity contribution in [3.8, 4) is 11.6 Å². The van der Waals surface area contributed by atoms with Gasteiger partial charge in [-0.05, 0) is 36.2 Å². The van der Waals surface area contributed by atoms with Crippen molar-refractivity contribution in [3.63, 3.8) is 0 Å². The summed E-state index contributed by atoms with van der Waals surface area (Å²) in [6, 6.07) is 9.57. The van der Waals surface area contributed by atoms with E-state index in [2.05, 4.69) is 42.1 Å². The highest BCUT2D eigenvalue weighted by atomic mass is 35.5. The van der Waals surface area contributed by atoms with E-state index in [-0.39, 0.29) is 0 Å². The first kappa shape index (κ1) is 18.9. The molecule has 10 heteroatoms. The van der Waals surface area contributed by atoms with Gasteiger partial charge in [-0.2, -0.15) is 10.1 Å². The predicted octanol–water partition coefficient (Wildman–Crippen LogP) is 3.18. The van der Waals surface area contributed by atoms with Crippen molar-refractivity contribution >= 4 is 35.2 Å². The minimum Gasteiger partial charge on any atom is -0.439 e. The molecule has 3 heterocycles. The van der Waals surface area contributed by atoms with Crippen LogP contribution in [0.5, 0.6) is 11.6 Å². The molecule has 1 saturated heterocycles.